The normalized spacial score (nSPS) is 18.2. The van der Waals surface area contributed by atoms with E-state index in [0.29, 0.717) is 24.7 Å². The molecule has 0 saturated carbocycles. The molecule has 1 amide bonds. The van der Waals surface area contributed by atoms with Gasteiger partial charge in [-0.25, -0.2) is 4.98 Å². The first-order chi connectivity index (χ1) is 10.7. The fourth-order valence-electron chi connectivity index (χ4n) is 2.61. The van der Waals surface area contributed by atoms with Crippen molar-refractivity contribution in [3.63, 3.8) is 0 Å². The monoisotopic (exact) mass is 317 g/mol. The Morgan fingerprint density at radius 3 is 3.18 bits per heavy atom. The van der Waals surface area contributed by atoms with Gasteiger partial charge >= 0.3 is 0 Å². The molecule has 2 aromatic heterocycles. The summed E-state index contributed by atoms with van der Waals surface area (Å²) < 4.78 is 5.91. The first-order valence-electron chi connectivity index (χ1n) is 7.47. The largest absolute Gasteiger partial charge is 0.472 e. The van der Waals surface area contributed by atoms with Crippen molar-refractivity contribution in [1.29, 1.82) is 0 Å². The molecule has 0 unspecified atom stereocenters. The van der Waals surface area contributed by atoms with Crippen LogP contribution < -0.4 is 4.74 Å². The van der Waals surface area contributed by atoms with Crippen LogP contribution in [0, 0.1) is 6.92 Å². The molecule has 0 spiro atoms. The molecule has 116 valence electrons. The molecule has 1 saturated heterocycles. The summed E-state index contributed by atoms with van der Waals surface area (Å²) in [5.74, 6) is 1.46. The van der Waals surface area contributed by atoms with Crippen molar-refractivity contribution < 1.29 is 9.53 Å². The minimum absolute atomic E-state index is 0.00957. The summed E-state index contributed by atoms with van der Waals surface area (Å²) in [4.78, 5) is 23.7. The Balaban J connectivity index is 1.58. The third kappa shape index (κ3) is 3.82. The van der Waals surface area contributed by atoms with E-state index < -0.39 is 0 Å². The second-order valence-electron chi connectivity index (χ2n) is 5.42. The zero-order valence-corrected chi connectivity index (χ0v) is 13.4. The standard InChI is InChI=1S/C16H19N3O2S/c1-12-17-7-6-15(18-12)21-13-4-2-8-19(11-13)16(20)10-14-5-3-9-22-14/h3,5-7,9,13H,2,4,8,10-11H2,1H3/t13-/m0/s1. The Kier molecular flexibility index (Phi) is 4.68. The highest BCUT2D eigenvalue weighted by atomic mass is 32.1. The third-order valence-corrected chi connectivity index (χ3v) is 4.55. The van der Waals surface area contributed by atoms with E-state index in [1.165, 1.54) is 0 Å². The van der Waals surface area contributed by atoms with Gasteiger partial charge < -0.3 is 9.64 Å². The minimum Gasteiger partial charge on any atom is -0.472 e. The van der Waals surface area contributed by atoms with Crippen LogP contribution in [0.25, 0.3) is 0 Å². The number of hydrogen-bond donors (Lipinski definition) is 0. The van der Waals surface area contributed by atoms with Crippen LogP contribution in [0.2, 0.25) is 0 Å². The predicted octanol–water partition coefficient (Wildman–Crippen LogP) is 2.46. The molecule has 3 rings (SSSR count). The molecule has 1 atom stereocenters. The van der Waals surface area contributed by atoms with Gasteiger partial charge in [0.15, 0.2) is 0 Å². The Bertz CT molecular complexity index is 630. The summed E-state index contributed by atoms with van der Waals surface area (Å²) in [6.07, 6.45) is 4.10. The van der Waals surface area contributed by atoms with E-state index >= 15 is 0 Å². The molecule has 0 bridgehead atoms. The lowest BCUT2D eigenvalue weighted by Gasteiger charge is -2.32. The van der Waals surface area contributed by atoms with Crippen molar-refractivity contribution in [2.45, 2.75) is 32.3 Å². The van der Waals surface area contributed by atoms with Crippen LogP contribution in [0.15, 0.2) is 29.8 Å². The maximum absolute atomic E-state index is 12.4. The fraction of sp³-hybridized carbons (Fsp3) is 0.438. The minimum atomic E-state index is 0.00957. The van der Waals surface area contributed by atoms with Gasteiger partial charge in [0.1, 0.15) is 11.9 Å². The average molecular weight is 317 g/mol. The molecule has 2 aromatic rings. The zero-order valence-electron chi connectivity index (χ0n) is 12.6. The first kappa shape index (κ1) is 15.0. The molecular weight excluding hydrogens is 298 g/mol. The van der Waals surface area contributed by atoms with Crippen LogP contribution in [0.3, 0.4) is 0 Å². The van der Waals surface area contributed by atoms with Gasteiger partial charge in [-0.15, -0.1) is 11.3 Å². The molecule has 3 heterocycles. The van der Waals surface area contributed by atoms with E-state index in [-0.39, 0.29) is 12.0 Å². The van der Waals surface area contributed by atoms with Gasteiger partial charge in [-0.3, -0.25) is 4.79 Å². The average Bonchev–Trinajstić information content (AvgIpc) is 3.00. The molecule has 0 aliphatic carbocycles. The smallest absolute Gasteiger partial charge is 0.227 e. The van der Waals surface area contributed by atoms with Gasteiger partial charge in [-0.1, -0.05) is 6.07 Å². The molecule has 1 aliphatic rings. The molecule has 0 aromatic carbocycles. The Labute approximate surface area is 134 Å². The van der Waals surface area contributed by atoms with E-state index in [1.54, 1.807) is 23.6 Å². The van der Waals surface area contributed by atoms with Gasteiger partial charge in [0.2, 0.25) is 11.8 Å². The van der Waals surface area contributed by atoms with Crippen LogP contribution in [0.1, 0.15) is 23.5 Å². The van der Waals surface area contributed by atoms with Crippen LogP contribution in [0.4, 0.5) is 0 Å². The SMILES string of the molecule is Cc1nccc(O[C@H]2CCCN(C(=O)Cc3cccs3)C2)n1. The van der Waals surface area contributed by atoms with Crippen LogP contribution in [0.5, 0.6) is 5.88 Å². The maximum Gasteiger partial charge on any atom is 0.227 e. The maximum atomic E-state index is 12.4. The molecule has 0 N–H and O–H groups in total. The zero-order chi connectivity index (χ0) is 15.4. The topological polar surface area (TPSA) is 55.3 Å². The van der Waals surface area contributed by atoms with E-state index in [9.17, 15) is 4.79 Å². The molecule has 22 heavy (non-hydrogen) atoms. The van der Waals surface area contributed by atoms with Crippen molar-refractivity contribution in [2.75, 3.05) is 13.1 Å². The summed E-state index contributed by atoms with van der Waals surface area (Å²) in [6, 6.07) is 5.75. The van der Waals surface area contributed by atoms with Crippen molar-refractivity contribution in [2.24, 2.45) is 0 Å². The summed E-state index contributed by atoms with van der Waals surface area (Å²) in [5.41, 5.74) is 0. The summed E-state index contributed by atoms with van der Waals surface area (Å²) >= 11 is 1.62. The number of aromatic nitrogens is 2. The summed E-state index contributed by atoms with van der Waals surface area (Å²) in [7, 11) is 0. The summed E-state index contributed by atoms with van der Waals surface area (Å²) in [5, 5.41) is 2.00. The first-order valence-corrected chi connectivity index (χ1v) is 8.35. The number of carbonyl (C=O) groups is 1. The van der Waals surface area contributed by atoms with E-state index in [4.69, 9.17) is 4.74 Å². The second kappa shape index (κ2) is 6.87. The van der Waals surface area contributed by atoms with Crippen molar-refractivity contribution in [1.82, 2.24) is 14.9 Å². The number of ether oxygens (including phenoxy) is 1. The lowest BCUT2D eigenvalue weighted by atomic mass is 10.1. The van der Waals surface area contributed by atoms with E-state index in [0.717, 1.165) is 24.3 Å². The number of amides is 1. The molecule has 5 nitrogen and oxygen atoms in total. The Hall–Kier alpha value is -1.95. The highest BCUT2D eigenvalue weighted by Gasteiger charge is 2.25. The number of nitrogens with zero attached hydrogens (tertiary/aromatic N) is 3. The van der Waals surface area contributed by atoms with Gasteiger partial charge in [0.05, 0.1) is 13.0 Å². The molecule has 1 aliphatic heterocycles. The number of likely N-dealkylation sites (tertiary alicyclic amines) is 1. The van der Waals surface area contributed by atoms with E-state index in [1.807, 2.05) is 29.3 Å². The third-order valence-electron chi connectivity index (χ3n) is 3.67. The number of carbonyl (C=O) groups excluding carboxylic acids is 1. The van der Waals surface area contributed by atoms with Crippen molar-refractivity contribution in [3.05, 3.63) is 40.5 Å². The van der Waals surface area contributed by atoms with Gasteiger partial charge in [0, 0.05) is 23.7 Å². The molecule has 1 fully saturated rings. The number of thiophene rings is 1. The number of piperidine rings is 1. The van der Waals surface area contributed by atoms with Gasteiger partial charge in [0.25, 0.3) is 0 Å². The fourth-order valence-corrected chi connectivity index (χ4v) is 3.30. The Morgan fingerprint density at radius 1 is 1.50 bits per heavy atom. The molecule has 0 radical (unpaired) electrons. The van der Waals surface area contributed by atoms with Crippen molar-refractivity contribution in [3.8, 4) is 5.88 Å². The number of rotatable bonds is 4. The summed E-state index contributed by atoms with van der Waals surface area (Å²) in [6.45, 7) is 3.28. The Morgan fingerprint density at radius 2 is 2.41 bits per heavy atom. The quantitative estimate of drug-likeness (QED) is 0.869. The second-order valence-corrected chi connectivity index (χ2v) is 6.45. The van der Waals surface area contributed by atoms with Gasteiger partial charge in [-0.2, -0.15) is 4.98 Å². The highest BCUT2D eigenvalue weighted by Crippen LogP contribution is 2.18. The predicted molar refractivity (Wildman–Crippen MR) is 85.0 cm³/mol. The lowest BCUT2D eigenvalue weighted by Crippen LogP contribution is -2.45. The van der Waals surface area contributed by atoms with E-state index in [2.05, 4.69) is 9.97 Å². The van der Waals surface area contributed by atoms with Crippen LogP contribution in [-0.2, 0) is 11.2 Å². The molecular formula is C16H19N3O2S. The van der Waals surface area contributed by atoms with Crippen LogP contribution >= 0.6 is 11.3 Å². The number of hydrogen-bond acceptors (Lipinski definition) is 5. The van der Waals surface area contributed by atoms with Crippen molar-refractivity contribution >= 4 is 17.2 Å². The number of aryl methyl sites for hydroxylation is 1. The molecule has 6 heteroatoms. The lowest BCUT2D eigenvalue weighted by molar-refractivity contribution is -0.133. The highest BCUT2D eigenvalue weighted by molar-refractivity contribution is 7.10. The van der Waals surface area contributed by atoms with Gasteiger partial charge in [-0.05, 0) is 31.2 Å². The van der Waals surface area contributed by atoms with Crippen LogP contribution in [-0.4, -0.2) is 40.0 Å².